The average molecular weight is 189 g/mol. The van der Waals surface area contributed by atoms with Crippen molar-refractivity contribution in [2.24, 2.45) is 0 Å². The van der Waals surface area contributed by atoms with Crippen LogP contribution in [0.1, 0.15) is 6.42 Å². The van der Waals surface area contributed by atoms with Crippen molar-refractivity contribution in [2.45, 2.75) is 18.6 Å². The highest BCUT2D eigenvalue weighted by Crippen LogP contribution is 2.26. The van der Waals surface area contributed by atoms with Crippen LogP contribution in [0, 0.1) is 0 Å². The highest BCUT2D eigenvalue weighted by Gasteiger charge is 2.45. The minimum Gasteiger partial charge on any atom is -0.212 e. The lowest BCUT2D eigenvalue weighted by Crippen LogP contribution is -2.38. The number of rotatable bonds is 0. The van der Waals surface area contributed by atoms with Gasteiger partial charge < -0.3 is 0 Å². The third kappa shape index (κ3) is 2.06. The summed E-state index contributed by atoms with van der Waals surface area (Å²) in [6.07, 6.45) is -4.84. The molecule has 1 heterocycles. The van der Waals surface area contributed by atoms with E-state index >= 15 is 0 Å². The predicted octanol–water partition coefficient (Wildman–Crippen LogP) is 0.240. The molecule has 7 heteroatoms. The van der Waals surface area contributed by atoms with Crippen LogP contribution in [0.5, 0.6) is 0 Å². The summed E-state index contributed by atoms with van der Waals surface area (Å²) in [4.78, 5) is 0. The summed E-state index contributed by atoms with van der Waals surface area (Å²) in [5, 5.41) is 0. The first kappa shape index (κ1) is 8.79. The van der Waals surface area contributed by atoms with Crippen molar-refractivity contribution < 1.29 is 21.6 Å². The molecule has 0 aromatic rings. The van der Waals surface area contributed by atoms with Crippen LogP contribution in [-0.4, -0.2) is 26.4 Å². The Kier molecular flexibility index (Phi) is 1.87. The third-order valence-electron chi connectivity index (χ3n) is 1.39. The minimum absolute atomic E-state index is 0.383. The molecule has 0 bridgehead atoms. The van der Waals surface area contributed by atoms with E-state index in [1.54, 1.807) is 0 Å². The Morgan fingerprint density at radius 1 is 1.36 bits per heavy atom. The van der Waals surface area contributed by atoms with Gasteiger partial charge in [-0.2, -0.15) is 13.2 Å². The Labute approximate surface area is 61.6 Å². The van der Waals surface area contributed by atoms with Gasteiger partial charge >= 0.3 is 6.18 Å². The van der Waals surface area contributed by atoms with Gasteiger partial charge in [0.15, 0.2) is 0 Å². The number of hydrogen-bond donors (Lipinski definition) is 1. The summed E-state index contributed by atoms with van der Waals surface area (Å²) in [6, 6.07) is -1.88. The van der Waals surface area contributed by atoms with E-state index in [2.05, 4.69) is 0 Å². The molecule has 1 aliphatic rings. The van der Waals surface area contributed by atoms with Crippen LogP contribution >= 0.6 is 0 Å². The van der Waals surface area contributed by atoms with Crippen LogP contribution < -0.4 is 4.72 Å². The van der Waals surface area contributed by atoms with Gasteiger partial charge in [0.2, 0.25) is 10.0 Å². The second-order valence-corrected chi connectivity index (χ2v) is 4.19. The normalized spacial score (nSPS) is 30.6. The summed E-state index contributed by atoms with van der Waals surface area (Å²) >= 11 is 0. The van der Waals surface area contributed by atoms with Gasteiger partial charge in [-0.25, -0.2) is 13.1 Å². The van der Waals surface area contributed by atoms with Gasteiger partial charge in [-0.1, -0.05) is 0 Å². The van der Waals surface area contributed by atoms with Gasteiger partial charge in [-0.15, -0.1) is 0 Å². The Morgan fingerprint density at radius 3 is 2.09 bits per heavy atom. The van der Waals surface area contributed by atoms with Gasteiger partial charge in [-0.3, -0.25) is 0 Å². The standard InChI is InChI=1S/C4H6F3NO2S/c5-4(6,7)3-1-2-11(9,10)8-3/h3,8H,1-2H2. The van der Waals surface area contributed by atoms with Gasteiger partial charge in [0.25, 0.3) is 0 Å². The number of alkyl halides is 3. The summed E-state index contributed by atoms with van der Waals surface area (Å²) in [6.45, 7) is 0. The predicted molar refractivity (Wildman–Crippen MR) is 31.4 cm³/mol. The van der Waals surface area contributed by atoms with Crippen LogP contribution in [0.25, 0.3) is 0 Å². The van der Waals surface area contributed by atoms with Crippen LogP contribution in [0.3, 0.4) is 0 Å². The smallest absolute Gasteiger partial charge is 0.212 e. The zero-order valence-corrected chi connectivity index (χ0v) is 6.17. The van der Waals surface area contributed by atoms with Crippen LogP contribution in [-0.2, 0) is 10.0 Å². The zero-order valence-electron chi connectivity index (χ0n) is 5.35. The lowest BCUT2D eigenvalue weighted by atomic mass is 10.2. The average Bonchev–Trinajstić information content (AvgIpc) is 2.07. The number of halogens is 3. The first-order valence-electron chi connectivity index (χ1n) is 2.88. The SMILES string of the molecule is O=S1(=O)CCC(C(F)(F)F)N1. The maximum Gasteiger partial charge on any atom is 0.404 e. The molecule has 1 N–H and O–H groups in total. The van der Waals surface area contributed by atoms with E-state index < -0.39 is 28.0 Å². The molecule has 0 aromatic carbocycles. The van der Waals surface area contributed by atoms with E-state index in [1.807, 2.05) is 0 Å². The molecule has 66 valence electrons. The summed E-state index contributed by atoms with van der Waals surface area (Å²) in [7, 11) is -3.65. The van der Waals surface area contributed by atoms with E-state index in [0.717, 1.165) is 0 Å². The molecule has 1 saturated heterocycles. The molecule has 0 saturated carbocycles. The molecule has 0 aliphatic carbocycles. The van der Waals surface area contributed by atoms with Gasteiger partial charge in [-0.05, 0) is 6.42 Å². The number of sulfonamides is 1. The molecule has 1 unspecified atom stereocenters. The van der Waals surface area contributed by atoms with Crippen molar-refractivity contribution in [1.29, 1.82) is 0 Å². The molecule has 1 atom stereocenters. The second-order valence-electron chi connectivity index (χ2n) is 2.32. The monoisotopic (exact) mass is 189 g/mol. The minimum atomic E-state index is -4.45. The molecule has 1 aliphatic heterocycles. The third-order valence-corrected chi connectivity index (χ3v) is 2.81. The molecule has 0 radical (unpaired) electrons. The molecule has 0 spiro atoms. The highest BCUT2D eigenvalue weighted by atomic mass is 32.2. The number of nitrogens with one attached hydrogen (secondary N) is 1. The summed E-state index contributed by atoms with van der Waals surface area (Å²) in [5.74, 6) is -0.433. The van der Waals surface area contributed by atoms with Crippen molar-refractivity contribution >= 4 is 10.0 Å². The maximum absolute atomic E-state index is 11.8. The van der Waals surface area contributed by atoms with E-state index in [-0.39, 0.29) is 6.42 Å². The molecule has 3 nitrogen and oxygen atoms in total. The van der Waals surface area contributed by atoms with Crippen molar-refractivity contribution in [3.63, 3.8) is 0 Å². The second kappa shape index (κ2) is 2.34. The fourth-order valence-electron chi connectivity index (χ4n) is 0.838. The summed E-state index contributed by atoms with van der Waals surface area (Å²) < 4.78 is 57.8. The van der Waals surface area contributed by atoms with E-state index in [0.29, 0.717) is 0 Å². The molecule has 0 aromatic heterocycles. The van der Waals surface area contributed by atoms with E-state index in [1.165, 1.54) is 4.72 Å². The lowest BCUT2D eigenvalue weighted by molar-refractivity contribution is -0.149. The van der Waals surface area contributed by atoms with Crippen molar-refractivity contribution in [3.05, 3.63) is 0 Å². The van der Waals surface area contributed by atoms with Crippen molar-refractivity contribution in [1.82, 2.24) is 4.72 Å². The Bertz CT molecular complexity index is 245. The van der Waals surface area contributed by atoms with Crippen LogP contribution in [0.15, 0.2) is 0 Å². The Hall–Kier alpha value is -0.300. The van der Waals surface area contributed by atoms with E-state index in [4.69, 9.17) is 0 Å². The molecule has 1 fully saturated rings. The van der Waals surface area contributed by atoms with Gasteiger partial charge in [0.1, 0.15) is 6.04 Å². The molecular formula is C4H6F3NO2S. The number of hydrogen-bond acceptors (Lipinski definition) is 2. The largest absolute Gasteiger partial charge is 0.404 e. The molecule has 11 heavy (non-hydrogen) atoms. The fraction of sp³-hybridized carbons (Fsp3) is 1.00. The van der Waals surface area contributed by atoms with Crippen LogP contribution in [0.2, 0.25) is 0 Å². The van der Waals surface area contributed by atoms with E-state index in [9.17, 15) is 21.6 Å². The van der Waals surface area contributed by atoms with Crippen molar-refractivity contribution in [3.8, 4) is 0 Å². The highest BCUT2D eigenvalue weighted by molar-refractivity contribution is 7.89. The van der Waals surface area contributed by atoms with Crippen molar-refractivity contribution in [2.75, 3.05) is 5.75 Å². The maximum atomic E-state index is 11.8. The lowest BCUT2D eigenvalue weighted by Gasteiger charge is -2.12. The first-order chi connectivity index (χ1) is 4.81. The molecule has 1 rings (SSSR count). The quantitative estimate of drug-likeness (QED) is 0.593. The first-order valence-corrected chi connectivity index (χ1v) is 4.53. The Balaban J connectivity index is 2.70. The van der Waals surface area contributed by atoms with Gasteiger partial charge in [0.05, 0.1) is 5.75 Å². The Morgan fingerprint density at radius 2 is 1.91 bits per heavy atom. The molecule has 0 amide bonds. The fourth-order valence-corrected chi connectivity index (χ4v) is 2.19. The molecular weight excluding hydrogens is 183 g/mol. The van der Waals surface area contributed by atoms with Crippen LogP contribution in [0.4, 0.5) is 13.2 Å². The van der Waals surface area contributed by atoms with Gasteiger partial charge in [0, 0.05) is 0 Å². The summed E-state index contributed by atoms with van der Waals surface area (Å²) in [5.41, 5.74) is 0. The zero-order chi connectivity index (χ0) is 8.70. The topological polar surface area (TPSA) is 46.2 Å².